The number of rotatable bonds is 3. The first-order valence-corrected chi connectivity index (χ1v) is 10.7. The first-order chi connectivity index (χ1) is 12.4. The summed E-state index contributed by atoms with van der Waals surface area (Å²) in [4.78, 5) is 39.2. The summed E-state index contributed by atoms with van der Waals surface area (Å²) in [5, 5.41) is 2.58. The second-order valence-corrected chi connectivity index (χ2v) is 9.83. The fourth-order valence-corrected chi connectivity index (χ4v) is 5.48. The molecular formula is C19H21N3O2S2. The Hall–Kier alpha value is -1.73. The molecule has 1 N–H and O–H groups in total. The number of nitrogens with zero attached hydrogens (tertiary/aromatic N) is 2. The van der Waals surface area contributed by atoms with Crippen molar-refractivity contribution in [3.63, 3.8) is 0 Å². The van der Waals surface area contributed by atoms with Crippen molar-refractivity contribution in [1.29, 1.82) is 0 Å². The van der Waals surface area contributed by atoms with Crippen LogP contribution in [0.3, 0.4) is 0 Å². The maximum absolute atomic E-state index is 13.0. The van der Waals surface area contributed by atoms with E-state index in [0.717, 1.165) is 22.8 Å². The van der Waals surface area contributed by atoms with Crippen LogP contribution in [0.2, 0.25) is 0 Å². The molecule has 2 aromatic heterocycles. The SMILES string of the molecule is CCSc1nc2c(c(=O)[nH]1)C(c1cccs1)C1C(=O)CC(C)(C)CC1=N2. The summed E-state index contributed by atoms with van der Waals surface area (Å²) in [5.41, 5.74) is 1.13. The standard InChI is InChI=1S/C19H21N3O2S2/c1-4-25-18-21-16-15(17(24)22-18)14(12-6-5-7-26-12)13-10(20-16)8-19(2,3)9-11(13)23/h5-7,13-14H,4,8-9H2,1-3H3,(H,21,22,24). The minimum Gasteiger partial charge on any atom is -0.301 e. The van der Waals surface area contributed by atoms with E-state index in [1.165, 1.54) is 11.8 Å². The summed E-state index contributed by atoms with van der Waals surface area (Å²) in [5.74, 6) is 0.857. The highest BCUT2D eigenvalue weighted by molar-refractivity contribution is 7.99. The van der Waals surface area contributed by atoms with E-state index in [4.69, 9.17) is 4.99 Å². The lowest BCUT2D eigenvalue weighted by molar-refractivity contribution is -0.124. The predicted molar refractivity (Wildman–Crippen MR) is 106 cm³/mol. The largest absolute Gasteiger partial charge is 0.301 e. The van der Waals surface area contributed by atoms with Gasteiger partial charge in [-0.2, -0.15) is 0 Å². The molecule has 1 saturated carbocycles. The molecule has 0 spiro atoms. The normalized spacial score (nSPS) is 24.0. The molecule has 0 aromatic carbocycles. The Morgan fingerprint density at radius 3 is 2.81 bits per heavy atom. The monoisotopic (exact) mass is 387 g/mol. The third-order valence-corrected chi connectivity index (χ3v) is 6.67. The maximum Gasteiger partial charge on any atom is 0.257 e. The fourth-order valence-electron chi connectivity index (χ4n) is 4.02. The van der Waals surface area contributed by atoms with Gasteiger partial charge in [0.1, 0.15) is 5.78 Å². The Balaban J connectivity index is 1.94. The number of Topliss-reactive ketones (excluding diaryl/α,β-unsaturated/α-hetero) is 1. The van der Waals surface area contributed by atoms with Crippen molar-refractivity contribution in [3.05, 3.63) is 38.3 Å². The molecule has 0 bridgehead atoms. The topological polar surface area (TPSA) is 75.2 Å². The lowest BCUT2D eigenvalue weighted by Crippen LogP contribution is -2.43. The van der Waals surface area contributed by atoms with Gasteiger partial charge in [0.15, 0.2) is 11.0 Å². The molecule has 4 rings (SSSR count). The highest BCUT2D eigenvalue weighted by Gasteiger charge is 2.47. The van der Waals surface area contributed by atoms with Gasteiger partial charge in [0.05, 0.1) is 11.5 Å². The molecule has 3 heterocycles. The molecule has 1 fully saturated rings. The van der Waals surface area contributed by atoms with Gasteiger partial charge < -0.3 is 4.98 Å². The van der Waals surface area contributed by atoms with Crippen molar-refractivity contribution in [3.8, 4) is 0 Å². The number of carbonyl (C=O) groups is 1. The summed E-state index contributed by atoms with van der Waals surface area (Å²) in [7, 11) is 0. The first kappa shape index (κ1) is 17.7. The van der Waals surface area contributed by atoms with Gasteiger partial charge in [-0.05, 0) is 29.0 Å². The minimum atomic E-state index is -0.346. The van der Waals surface area contributed by atoms with E-state index in [1.54, 1.807) is 11.3 Å². The Labute approximate surface area is 160 Å². The summed E-state index contributed by atoms with van der Waals surface area (Å²) in [6, 6.07) is 3.97. The molecule has 136 valence electrons. The number of aromatic amines is 1. The van der Waals surface area contributed by atoms with E-state index in [0.29, 0.717) is 23.0 Å². The second kappa shape index (κ2) is 6.46. The first-order valence-electron chi connectivity index (χ1n) is 8.80. The van der Waals surface area contributed by atoms with Crippen LogP contribution >= 0.6 is 23.1 Å². The van der Waals surface area contributed by atoms with Gasteiger partial charge in [0.25, 0.3) is 5.56 Å². The van der Waals surface area contributed by atoms with Crippen LogP contribution < -0.4 is 5.56 Å². The zero-order valence-corrected chi connectivity index (χ0v) is 16.7. The molecule has 5 nitrogen and oxygen atoms in total. The lowest BCUT2D eigenvalue weighted by Gasteiger charge is -2.39. The molecule has 1 aliphatic carbocycles. The average molecular weight is 388 g/mol. The van der Waals surface area contributed by atoms with Crippen molar-refractivity contribution in [2.45, 2.75) is 44.7 Å². The van der Waals surface area contributed by atoms with E-state index in [-0.39, 0.29) is 28.6 Å². The van der Waals surface area contributed by atoms with Gasteiger partial charge in [0, 0.05) is 22.9 Å². The van der Waals surface area contributed by atoms with Crippen molar-refractivity contribution in [2.24, 2.45) is 16.3 Å². The van der Waals surface area contributed by atoms with Crippen LogP contribution in [0.4, 0.5) is 5.82 Å². The predicted octanol–water partition coefficient (Wildman–Crippen LogP) is 4.17. The molecule has 2 aromatic rings. The number of aliphatic imine (C=N–C) groups is 1. The maximum atomic E-state index is 13.0. The molecular weight excluding hydrogens is 366 g/mol. The molecule has 26 heavy (non-hydrogen) atoms. The summed E-state index contributed by atoms with van der Waals surface area (Å²) >= 11 is 3.07. The van der Waals surface area contributed by atoms with Gasteiger partial charge in [0.2, 0.25) is 0 Å². The van der Waals surface area contributed by atoms with Gasteiger partial charge in [-0.1, -0.05) is 38.6 Å². The minimum absolute atomic E-state index is 0.105. The molecule has 0 saturated heterocycles. The van der Waals surface area contributed by atoms with Crippen LogP contribution in [0.25, 0.3) is 0 Å². The third-order valence-electron chi connectivity index (χ3n) is 4.96. The number of thioether (sulfide) groups is 1. The van der Waals surface area contributed by atoms with Gasteiger partial charge in [-0.15, -0.1) is 11.3 Å². The van der Waals surface area contributed by atoms with Crippen LogP contribution in [0.1, 0.15) is 50.0 Å². The van der Waals surface area contributed by atoms with Crippen molar-refractivity contribution in [2.75, 3.05) is 5.75 Å². The lowest BCUT2D eigenvalue weighted by atomic mass is 9.65. The van der Waals surface area contributed by atoms with Gasteiger partial charge in [-0.3, -0.25) is 9.59 Å². The highest BCUT2D eigenvalue weighted by Crippen LogP contribution is 2.48. The Morgan fingerprint density at radius 2 is 2.12 bits per heavy atom. The van der Waals surface area contributed by atoms with Crippen LogP contribution in [-0.4, -0.2) is 27.2 Å². The molecule has 7 heteroatoms. The van der Waals surface area contributed by atoms with Gasteiger partial charge >= 0.3 is 0 Å². The molecule has 1 aliphatic heterocycles. The molecule has 2 aliphatic rings. The second-order valence-electron chi connectivity index (χ2n) is 7.60. The van der Waals surface area contributed by atoms with E-state index in [9.17, 15) is 9.59 Å². The van der Waals surface area contributed by atoms with E-state index in [1.807, 2.05) is 24.4 Å². The Morgan fingerprint density at radius 1 is 1.31 bits per heavy atom. The van der Waals surface area contributed by atoms with E-state index in [2.05, 4.69) is 23.8 Å². The van der Waals surface area contributed by atoms with E-state index >= 15 is 0 Å². The number of thiophene rings is 1. The average Bonchev–Trinajstić information content (AvgIpc) is 3.06. The number of ketones is 1. The number of hydrogen-bond acceptors (Lipinski definition) is 6. The van der Waals surface area contributed by atoms with Crippen LogP contribution in [-0.2, 0) is 4.79 Å². The van der Waals surface area contributed by atoms with E-state index < -0.39 is 0 Å². The highest BCUT2D eigenvalue weighted by atomic mass is 32.2. The smallest absolute Gasteiger partial charge is 0.257 e. The number of carbonyl (C=O) groups excluding carboxylic acids is 1. The van der Waals surface area contributed by atoms with Crippen LogP contribution in [0.5, 0.6) is 0 Å². The molecule has 0 amide bonds. The zero-order chi connectivity index (χ0) is 18.5. The molecule has 2 atom stereocenters. The fraction of sp³-hybridized carbons (Fsp3) is 0.474. The quantitative estimate of drug-likeness (QED) is 0.634. The number of hydrogen-bond donors (Lipinski definition) is 1. The summed E-state index contributed by atoms with van der Waals surface area (Å²) < 4.78 is 0. The Kier molecular flexibility index (Phi) is 4.39. The number of aromatic nitrogens is 2. The summed E-state index contributed by atoms with van der Waals surface area (Å²) in [6.07, 6.45) is 1.28. The summed E-state index contributed by atoms with van der Waals surface area (Å²) in [6.45, 7) is 6.22. The number of nitrogens with one attached hydrogen (secondary N) is 1. The number of fused-ring (bicyclic) bond motifs is 2. The van der Waals surface area contributed by atoms with Crippen LogP contribution in [0, 0.1) is 11.3 Å². The molecule has 0 radical (unpaired) electrons. The van der Waals surface area contributed by atoms with Crippen molar-refractivity contribution >= 4 is 40.4 Å². The number of H-pyrrole nitrogens is 1. The zero-order valence-electron chi connectivity index (χ0n) is 15.0. The Bertz CT molecular complexity index is 944. The third kappa shape index (κ3) is 2.97. The van der Waals surface area contributed by atoms with Crippen molar-refractivity contribution in [1.82, 2.24) is 9.97 Å². The van der Waals surface area contributed by atoms with Crippen LogP contribution in [0.15, 0.2) is 32.5 Å². The van der Waals surface area contributed by atoms with Gasteiger partial charge in [-0.25, -0.2) is 9.98 Å². The van der Waals surface area contributed by atoms with Crippen molar-refractivity contribution < 1.29 is 4.79 Å². The molecule has 2 unspecified atom stereocenters.